The second-order valence-corrected chi connectivity index (χ2v) is 10.6. The molecule has 0 fully saturated rings. The molecule has 0 unspecified atom stereocenters. The monoisotopic (exact) mass is 590 g/mol. The van der Waals surface area contributed by atoms with Gasteiger partial charge in [-0.25, -0.2) is 9.78 Å². The van der Waals surface area contributed by atoms with Gasteiger partial charge in [0, 0.05) is 30.9 Å². The first-order valence-electron chi connectivity index (χ1n) is 11.6. The molecule has 6 rings (SSSR count). The lowest BCUT2D eigenvalue weighted by atomic mass is 10.1. The molecule has 0 saturated heterocycles. The smallest absolute Gasteiger partial charge is 0.300 e. The van der Waals surface area contributed by atoms with Crippen LogP contribution >= 0.6 is 35.0 Å². The van der Waals surface area contributed by atoms with E-state index in [0.29, 0.717) is 32.1 Å². The number of hydrogen-bond acceptors (Lipinski definition) is 7. The fourth-order valence-electron chi connectivity index (χ4n) is 4.42. The molecule has 0 radical (unpaired) electrons. The number of nitriles is 1. The highest BCUT2D eigenvalue weighted by Crippen LogP contribution is 2.35. The Morgan fingerprint density at radius 3 is 2.45 bits per heavy atom. The third-order valence-electron chi connectivity index (χ3n) is 6.34. The highest BCUT2D eigenvalue weighted by atomic mass is 35.5. The van der Waals surface area contributed by atoms with Crippen molar-refractivity contribution >= 4 is 51.9 Å². The van der Waals surface area contributed by atoms with Crippen LogP contribution in [-0.2, 0) is 14.1 Å². The summed E-state index contributed by atoms with van der Waals surface area (Å²) in [6.07, 6.45) is 1.65. The zero-order valence-electron chi connectivity index (χ0n) is 20.7. The van der Waals surface area contributed by atoms with E-state index >= 15 is 0 Å². The molecule has 0 aliphatic carbocycles. The van der Waals surface area contributed by atoms with E-state index in [4.69, 9.17) is 23.2 Å². The first kappa shape index (κ1) is 25.7. The number of rotatable bonds is 4. The third-order valence-corrected chi connectivity index (χ3v) is 7.76. The fraction of sp³-hybridized carbons (Fsp3) is 0.0769. The fourth-order valence-corrected chi connectivity index (χ4v) is 5.82. The summed E-state index contributed by atoms with van der Waals surface area (Å²) in [5.74, 6) is 0.291. The van der Waals surface area contributed by atoms with Crippen LogP contribution in [0.25, 0.3) is 33.9 Å². The lowest BCUT2D eigenvalue weighted by molar-refractivity contribution is 0.707. The highest BCUT2D eigenvalue weighted by Gasteiger charge is 2.24. The largest absolute Gasteiger partial charge is 0.332 e. The maximum Gasteiger partial charge on any atom is 0.332 e. The van der Waals surface area contributed by atoms with Crippen LogP contribution in [0.4, 0.5) is 0 Å². The van der Waals surface area contributed by atoms with E-state index in [0.717, 1.165) is 16.3 Å². The van der Waals surface area contributed by atoms with Crippen LogP contribution in [0.15, 0.2) is 79.3 Å². The molecule has 0 atom stereocenters. The summed E-state index contributed by atoms with van der Waals surface area (Å²) in [7, 11) is 2.92. The minimum atomic E-state index is -0.597. The average molecular weight is 591 g/mol. The van der Waals surface area contributed by atoms with Crippen molar-refractivity contribution in [2.45, 2.75) is 10.2 Å². The molecule has 0 saturated carbocycles. The van der Waals surface area contributed by atoms with Crippen molar-refractivity contribution < 1.29 is 0 Å². The van der Waals surface area contributed by atoms with Gasteiger partial charge in [-0.2, -0.15) is 10.2 Å². The first-order valence-corrected chi connectivity index (χ1v) is 13.2. The SMILES string of the molecule is Cn1c(=O)c2c(nc3n(-c4ccc(Cl)cc4Cl)c(Sc4nc(-c5ccccc5)c(C#N)c(=O)[nH]4)cn23)n(C)c1=O. The van der Waals surface area contributed by atoms with Crippen molar-refractivity contribution in [3.63, 3.8) is 0 Å². The van der Waals surface area contributed by atoms with Crippen molar-refractivity contribution in [3.05, 3.63) is 102 Å². The number of fused-ring (bicyclic) bond motifs is 3. The number of imidazole rings is 2. The average Bonchev–Trinajstić information content (AvgIpc) is 3.47. The summed E-state index contributed by atoms with van der Waals surface area (Å²) in [5, 5.41) is 11.0. The molecular weight excluding hydrogens is 575 g/mol. The molecule has 0 bridgehead atoms. The number of nitrogens with one attached hydrogen (secondary N) is 1. The Morgan fingerprint density at radius 1 is 1.00 bits per heavy atom. The summed E-state index contributed by atoms with van der Waals surface area (Å²) >= 11 is 13.8. The van der Waals surface area contributed by atoms with Gasteiger partial charge in [-0.05, 0) is 30.0 Å². The molecule has 0 aliphatic heterocycles. The van der Waals surface area contributed by atoms with Crippen molar-refractivity contribution in [2.24, 2.45) is 14.1 Å². The number of hydrogen-bond donors (Lipinski definition) is 1. The van der Waals surface area contributed by atoms with Gasteiger partial charge in [0.25, 0.3) is 11.1 Å². The molecule has 4 heterocycles. The van der Waals surface area contributed by atoms with Gasteiger partial charge in [0.05, 0.1) is 16.4 Å². The molecule has 0 aliphatic rings. The summed E-state index contributed by atoms with van der Waals surface area (Å²) in [5.41, 5.74) is -0.0670. The lowest BCUT2D eigenvalue weighted by Gasteiger charge is -2.11. The van der Waals surface area contributed by atoms with Crippen LogP contribution < -0.4 is 16.8 Å². The van der Waals surface area contributed by atoms with Crippen LogP contribution in [0, 0.1) is 11.3 Å². The quantitative estimate of drug-likeness (QED) is 0.309. The maximum absolute atomic E-state index is 13.2. The molecule has 4 aromatic heterocycles. The Balaban J connectivity index is 1.64. The molecule has 14 heteroatoms. The number of aromatic amines is 1. The minimum Gasteiger partial charge on any atom is -0.300 e. The number of benzene rings is 2. The zero-order chi connectivity index (χ0) is 28.3. The van der Waals surface area contributed by atoms with Gasteiger partial charge in [-0.1, -0.05) is 53.5 Å². The topological polar surface area (TPSA) is 136 Å². The molecule has 2 aromatic carbocycles. The van der Waals surface area contributed by atoms with Crippen molar-refractivity contribution in [1.29, 1.82) is 5.26 Å². The Labute approximate surface area is 238 Å². The van der Waals surface area contributed by atoms with E-state index in [-0.39, 0.29) is 27.6 Å². The summed E-state index contributed by atoms with van der Waals surface area (Å²) in [6.45, 7) is 0. The molecule has 0 amide bonds. The molecule has 198 valence electrons. The number of H-pyrrole nitrogens is 1. The molecule has 40 heavy (non-hydrogen) atoms. The Morgan fingerprint density at radius 2 is 1.75 bits per heavy atom. The number of aromatic nitrogens is 7. The van der Waals surface area contributed by atoms with E-state index in [1.54, 1.807) is 57.6 Å². The second-order valence-electron chi connectivity index (χ2n) is 8.73. The first-order chi connectivity index (χ1) is 19.2. The van der Waals surface area contributed by atoms with Crippen molar-refractivity contribution in [2.75, 3.05) is 0 Å². The molecule has 11 nitrogen and oxygen atoms in total. The van der Waals surface area contributed by atoms with Crippen LogP contribution in [0.5, 0.6) is 0 Å². The van der Waals surface area contributed by atoms with Crippen LogP contribution in [0.2, 0.25) is 10.0 Å². The van der Waals surface area contributed by atoms with Gasteiger partial charge in [-0.3, -0.25) is 32.7 Å². The molecule has 0 spiro atoms. The molecule has 6 aromatic rings. The minimum absolute atomic E-state index is 0.114. The summed E-state index contributed by atoms with van der Waals surface area (Å²) < 4.78 is 5.52. The third kappa shape index (κ3) is 3.94. The van der Waals surface area contributed by atoms with Gasteiger partial charge in [-0.15, -0.1) is 0 Å². The molecule has 1 N–H and O–H groups in total. The summed E-state index contributed by atoms with van der Waals surface area (Å²) in [6, 6.07) is 15.7. The summed E-state index contributed by atoms with van der Waals surface area (Å²) in [4.78, 5) is 50.5. The van der Waals surface area contributed by atoms with Gasteiger partial charge in [0.15, 0.2) is 16.3 Å². The highest BCUT2D eigenvalue weighted by molar-refractivity contribution is 7.99. The van der Waals surface area contributed by atoms with Crippen molar-refractivity contribution in [1.82, 2.24) is 33.1 Å². The van der Waals surface area contributed by atoms with Crippen LogP contribution in [-0.4, -0.2) is 33.1 Å². The predicted molar refractivity (Wildman–Crippen MR) is 152 cm³/mol. The Kier molecular flexibility index (Phi) is 6.14. The van der Waals surface area contributed by atoms with Gasteiger partial charge >= 0.3 is 5.69 Å². The van der Waals surface area contributed by atoms with Crippen LogP contribution in [0.3, 0.4) is 0 Å². The number of halogens is 2. The zero-order valence-corrected chi connectivity index (χ0v) is 23.0. The number of aryl methyl sites for hydroxylation is 1. The second kappa shape index (κ2) is 9.56. The Bertz CT molecular complexity index is 2220. The van der Waals surface area contributed by atoms with E-state index in [1.165, 1.54) is 18.7 Å². The molecular formula is C26H16Cl2N8O3S. The van der Waals surface area contributed by atoms with Gasteiger partial charge in [0.2, 0.25) is 5.78 Å². The standard InChI is InChI=1S/C26H16Cl2N8O3S/c1-33-21-20(23(38)34(2)26(33)39)35-12-18(36(25(35)31-21)17-9-8-14(27)10-16(17)28)40-24-30-19(13-6-4-3-5-7-13)15(11-29)22(37)32-24/h3-10,12H,1-2H3,(H,30,32,37). The maximum atomic E-state index is 13.2. The van der Waals surface area contributed by atoms with Crippen molar-refractivity contribution in [3.8, 4) is 23.0 Å². The van der Waals surface area contributed by atoms with Gasteiger partial charge in [0.1, 0.15) is 16.7 Å². The normalized spacial score (nSPS) is 11.4. The van der Waals surface area contributed by atoms with E-state index in [2.05, 4.69) is 15.0 Å². The van der Waals surface area contributed by atoms with E-state index in [9.17, 15) is 19.6 Å². The lowest BCUT2D eigenvalue weighted by Crippen LogP contribution is -2.37. The Hall–Kier alpha value is -4.57. The predicted octanol–water partition coefficient (Wildman–Crippen LogP) is 3.76. The van der Waals surface area contributed by atoms with Gasteiger partial charge < -0.3 is 0 Å². The van der Waals surface area contributed by atoms with E-state index in [1.807, 2.05) is 12.1 Å². The van der Waals surface area contributed by atoms with E-state index < -0.39 is 16.8 Å². The number of nitrogens with zero attached hydrogens (tertiary/aromatic N) is 7. The van der Waals surface area contributed by atoms with Crippen LogP contribution in [0.1, 0.15) is 5.56 Å².